The van der Waals surface area contributed by atoms with Gasteiger partial charge in [-0.25, -0.2) is 4.79 Å². The molecule has 0 amide bonds. The summed E-state index contributed by atoms with van der Waals surface area (Å²) in [5.41, 5.74) is 0.667. The van der Waals surface area contributed by atoms with E-state index in [4.69, 9.17) is 28.4 Å². The summed E-state index contributed by atoms with van der Waals surface area (Å²) in [5.74, 6) is 2.17. The number of carbonyl (C=O) groups is 1. The maximum Gasteiger partial charge on any atom is 0.338 e. The number of rotatable bonds is 8. The van der Waals surface area contributed by atoms with Gasteiger partial charge in [-0.2, -0.15) is 0 Å². The van der Waals surface area contributed by atoms with E-state index < -0.39 is 11.5 Å². The molecule has 0 saturated heterocycles. The highest BCUT2D eigenvalue weighted by atomic mass is 35.5. The third kappa shape index (κ3) is 4.66. The van der Waals surface area contributed by atoms with Gasteiger partial charge in [0.05, 0.1) is 46.1 Å². The van der Waals surface area contributed by atoms with Crippen molar-refractivity contribution < 1.29 is 33.2 Å². The Morgan fingerprint density at radius 1 is 1.00 bits per heavy atom. The SMILES string of the molecule is COc1ccc2c(c1)C(COC(=O)c1cc(OC)c(OC)c(OC)c1)(N(C)C)CCO2.Cl. The highest BCUT2D eigenvalue weighted by molar-refractivity contribution is 5.91. The lowest BCUT2D eigenvalue weighted by molar-refractivity contribution is -0.00287. The van der Waals surface area contributed by atoms with E-state index in [0.717, 1.165) is 11.3 Å². The normalized spacial score (nSPS) is 16.8. The first kappa shape index (κ1) is 25.4. The molecule has 0 aliphatic carbocycles. The van der Waals surface area contributed by atoms with Crippen molar-refractivity contribution >= 4 is 18.4 Å². The fourth-order valence-electron chi connectivity index (χ4n) is 3.80. The van der Waals surface area contributed by atoms with Crippen LogP contribution in [0.3, 0.4) is 0 Å². The summed E-state index contributed by atoms with van der Waals surface area (Å²) >= 11 is 0. The van der Waals surface area contributed by atoms with E-state index in [2.05, 4.69) is 4.90 Å². The first-order valence-corrected chi connectivity index (χ1v) is 9.86. The van der Waals surface area contributed by atoms with Crippen LogP contribution in [-0.4, -0.2) is 66.6 Å². The Morgan fingerprint density at radius 2 is 1.66 bits per heavy atom. The Bertz CT molecular complexity index is 925. The van der Waals surface area contributed by atoms with Crippen LogP contribution in [0.25, 0.3) is 0 Å². The second-order valence-electron chi connectivity index (χ2n) is 7.38. The maximum absolute atomic E-state index is 13.0. The number of likely N-dealkylation sites (N-methyl/N-ethyl adjacent to an activating group) is 1. The average molecular weight is 468 g/mol. The molecule has 1 heterocycles. The molecule has 0 spiro atoms. The highest BCUT2D eigenvalue weighted by Gasteiger charge is 2.42. The Hall–Kier alpha value is -2.84. The molecule has 0 bridgehead atoms. The Morgan fingerprint density at radius 3 is 2.19 bits per heavy atom. The number of benzene rings is 2. The van der Waals surface area contributed by atoms with Gasteiger partial charge in [0, 0.05) is 12.0 Å². The summed E-state index contributed by atoms with van der Waals surface area (Å²) in [6, 6.07) is 8.82. The van der Waals surface area contributed by atoms with Crippen molar-refractivity contribution in [1.29, 1.82) is 0 Å². The van der Waals surface area contributed by atoms with Crippen LogP contribution in [0.15, 0.2) is 30.3 Å². The molecule has 0 radical (unpaired) electrons. The minimum atomic E-state index is -0.557. The second-order valence-corrected chi connectivity index (χ2v) is 7.38. The smallest absolute Gasteiger partial charge is 0.338 e. The first-order valence-electron chi connectivity index (χ1n) is 9.86. The van der Waals surface area contributed by atoms with Gasteiger partial charge in [0.15, 0.2) is 11.5 Å². The summed E-state index contributed by atoms with van der Waals surface area (Å²) < 4.78 is 33.0. The van der Waals surface area contributed by atoms with E-state index >= 15 is 0 Å². The van der Waals surface area contributed by atoms with Crippen molar-refractivity contribution in [2.24, 2.45) is 0 Å². The molecule has 3 rings (SSSR count). The van der Waals surface area contributed by atoms with Crippen molar-refractivity contribution in [3.63, 3.8) is 0 Å². The van der Waals surface area contributed by atoms with Gasteiger partial charge < -0.3 is 28.4 Å². The molecule has 176 valence electrons. The summed E-state index contributed by atoms with van der Waals surface area (Å²) in [7, 11) is 10.0. The molecule has 1 atom stereocenters. The fourth-order valence-corrected chi connectivity index (χ4v) is 3.80. The topological polar surface area (TPSA) is 75.7 Å². The van der Waals surface area contributed by atoms with Crippen molar-refractivity contribution in [1.82, 2.24) is 4.90 Å². The van der Waals surface area contributed by atoms with E-state index in [1.165, 1.54) is 21.3 Å². The quantitative estimate of drug-likeness (QED) is 0.546. The van der Waals surface area contributed by atoms with Crippen LogP contribution in [0.2, 0.25) is 0 Å². The number of hydrogen-bond donors (Lipinski definition) is 0. The van der Waals surface area contributed by atoms with Crippen LogP contribution < -0.4 is 23.7 Å². The molecule has 8 nitrogen and oxygen atoms in total. The lowest BCUT2D eigenvalue weighted by Crippen LogP contribution is -2.49. The lowest BCUT2D eigenvalue weighted by atomic mass is 9.84. The van der Waals surface area contributed by atoms with Crippen LogP contribution in [0.1, 0.15) is 22.3 Å². The average Bonchev–Trinajstić information content (AvgIpc) is 2.80. The monoisotopic (exact) mass is 467 g/mol. The zero-order valence-corrected chi connectivity index (χ0v) is 20.0. The summed E-state index contributed by atoms with van der Waals surface area (Å²) in [6.45, 7) is 0.651. The molecular weight excluding hydrogens is 438 g/mol. The van der Waals surface area contributed by atoms with Crippen molar-refractivity contribution in [2.45, 2.75) is 12.0 Å². The Balaban J connectivity index is 0.00000363. The number of fused-ring (bicyclic) bond motifs is 1. The number of esters is 1. The van der Waals surface area contributed by atoms with Crippen LogP contribution >= 0.6 is 12.4 Å². The first-order chi connectivity index (χ1) is 14.9. The van der Waals surface area contributed by atoms with E-state index in [9.17, 15) is 4.79 Å². The minimum absolute atomic E-state index is 0. The fraction of sp³-hybridized carbons (Fsp3) is 0.435. The molecule has 0 aromatic heterocycles. The molecule has 1 aliphatic rings. The molecule has 2 aromatic rings. The molecule has 0 N–H and O–H groups in total. The number of ether oxygens (including phenoxy) is 6. The maximum atomic E-state index is 13.0. The summed E-state index contributed by atoms with van der Waals surface area (Å²) in [5, 5.41) is 0. The van der Waals surface area contributed by atoms with E-state index in [1.54, 1.807) is 19.2 Å². The zero-order chi connectivity index (χ0) is 22.6. The van der Waals surface area contributed by atoms with E-state index in [1.807, 2.05) is 32.3 Å². The molecule has 32 heavy (non-hydrogen) atoms. The molecule has 1 aliphatic heterocycles. The van der Waals surface area contributed by atoms with Gasteiger partial charge in [-0.3, -0.25) is 4.90 Å². The van der Waals surface area contributed by atoms with Gasteiger partial charge in [0.2, 0.25) is 5.75 Å². The number of nitrogens with zero attached hydrogens (tertiary/aromatic N) is 1. The van der Waals surface area contributed by atoms with Crippen LogP contribution in [0.4, 0.5) is 0 Å². The number of hydrogen-bond acceptors (Lipinski definition) is 8. The van der Waals surface area contributed by atoms with Crippen molar-refractivity contribution in [3.8, 4) is 28.7 Å². The molecule has 0 fully saturated rings. The standard InChI is InChI=1S/C23H29NO7.ClH/c1-24(2)23(9-10-30-18-8-7-16(26-3)13-17(18)23)14-31-22(25)15-11-19(27-4)21(29-6)20(12-15)28-5;/h7-8,11-13H,9-10,14H2,1-6H3;1H. The van der Waals surface area contributed by atoms with Gasteiger partial charge >= 0.3 is 5.97 Å². The van der Waals surface area contributed by atoms with Crippen LogP contribution in [-0.2, 0) is 10.3 Å². The number of methoxy groups -OCH3 is 4. The number of carbonyl (C=O) groups excluding carboxylic acids is 1. The van der Waals surface area contributed by atoms with Crippen molar-refractivity contribution in [3.05, 3.63) is 41.5 Å². The molecule has 0 saturated carbocycles. The van der Waals surface area contributed by atoms with Crippen LogP contribution in [0, 0.1) is 0 Å². The lowest BCUT2D eigenvalue weighted by Gasteiger charge is -2.43. The molecular formula is C23H30ClNO7. The highest BCUT2D eigenvalue weighted by Crippen LogP contribution is 2.43. The summed E-state index contributed by atoms with van der Waals surface area (Å²) in [4.78, 5) is 15.0. The van der Waals surface area contributed by atoms with Gasteiger partial charge in [-0.1, -0.05) is 0 Å². The van der Waals surface area contributed by atoms with Crippen LogP contribution in [0.5, 0.6) is 28.7 Å². The summed E-state index contributed by atoms with van der Waals surface area (Å²) in [6.07, 6.45) is 0.655. The number of halogens is 1. The second kappa shape index (κ2) is 10.7. The Kier molecular flexibility index (Phi) is 8.46. The van der Waals surface area contributed by atoms with Gasteiger partial charge in [-0.15, -0.1) is 12.4 Å². The molecule has 2 aromatic carbocycles. The van der Waals surface area contributed by atoms with Gasteiger partial charge in [0.25, 0.3) is 0 Å². The zero-order valence-electron chi connectivity index (χ0n) is 19.2. The Labute approximate surface area is 194 Å². The largest absolute Gasteiger partial charge is 0.497 e. The van der Waals surface area contributed by atoms with Gasteiger partial charge in [0.1, 0.15) is 18.1 Å². The third-order valence-corrected chi connectivity index (χ3v) is 5.66. The predicted octanol–water partition coefficient (Wildman–Crippen LogP) is 3.54. The molecule has 9 heteroatoms. The predicted molar refractivity (Wildman–Crippen MR) is 122 cm³/mol. The molecule has 1 unspecified atom stereocenters. The third-order valence-electron chi connectivity index (χ3n) is 5.66. The van der Waals surface area contributed by atoms with E-state index in [0.29, 0.717) is 41.6 Å². The van der Waals surface area contributed by atoms with Crippen molar-refractivity contribution in [2.75, 3.05) is 55.7 Å². The van der Waals surface area contributed by atoms with Gasteiger partial charge in [-0.05, 0) is 44.4 Å². The minimum Gasteiger partial charge on any atom is -0.497 e. The van der Waals surface area contributed by atoms with E-state index in [-0.39, 0.29) is 19.0 Å².